The SMILES string of the molecule is COc1cccc(-c2ccc(-n3c(Cl)cc4[nH]c(=O)n(CCO)c(=O)c43)cc2)c1O. The molecule has 30 heavy (non-hydrogen) atoms. The number of aliphatic hydroxyl groups is 1. The number of phenols is 1. The van der Waals surface area contributed by atoms with Gasteiger partial charge in [-0.15, -0.1) is 0 Å². The molecule has 2 aromatic heterocycles. The summed E-state index contributed by atoms with van der Waals surface area (Å²) in [4.78, 5) is 27.6. The van der Waals surface area contributed by atoms with Crippen molar-refractivity contribution in [2.75, 3.05) is 13.7 Å². The van der Waals surface area contributed by atoms with Crippen molar-refractivity contribution in [1.82, 2.24) is 14.1 Å². The molecule has 0 amide bonds. The summed E-state index contributed by atoms with van der Waals surface area (Å²) in [7, 11) is 1.48. The maximum atomic E-state index is 12.9. The van der Waals surface area contributed by atoms with Gasteiger partial charge in [-0.1, -0.05) is 35.9 Å². The third-order valence-corrected chi connectivity index (χ3v) is 5.15. The minimum atomic E-state index is -0.612. The number of hydrogen-bond acceptors (Lipinski definition) is 5. The fourth-order valence-corrected chi connectivity index (χ4v) is 3.74. The molecule has 0 aliphatic carbocycles. The molecule has 8 nitrogen and oxygen atoms in total. The molecular weight excluding hydrogens is 410 g/mol. The van der Waals surface area contributed by atoms with Crippen molar-refractivity contribution >= 4 is 22.6 Å². The predicted molar refractivity (Wildman–Crippen MR) is 114 cm³/mol. The zero-order valence-electron chi connectivity index (χ0n) is 15.9. The second kappa shape index (κ2) is 7.74. The summed E-state index contributed by atoms with van der Waals surface area (Å²) in [6.07, 6.45) is 0. The van der Waals surface area contributed by atoms with E-state index in [-0.39, 0.29) is 29.6 Å². The predicted octanol–water partition coefficient (Wildman–Crippen LogP) is 2.51. The van der Waals surface area contributed by atoms with Crippen molar-refractivity contribution < 1.29 is 14.9 Å². The van der Waals surface area contributed by atoms with Gasteiger partial charge in [0.15, 0.2) is 11.5 Å². The molecule has 0 atom stereocenters. The van der Waals surface area contributed by atoms with Crippen LogP contribution in [0, 0.1) is 0 Å². The third-order valence-electron chi connectivity index (χ3n) is 4.87. The molecule has 9 heteroatoms. The van der Waals surface area contributed by atoms with Gasteiger partial charge in [0.2, 0.25) is 0 Å². The number of fused-ring (bicyclic) bond motifs is 1. The van der Waals surface area contributed by atoms with E-state index in [0.717, 1.165) is 10.1 Å². The number of phenolic OH excluding ortho intramolecular Hbond substituents is 1. The van der Waals surface area contributed by atoms with E-state index in [9.17, 15) is 14.7 Å². The topological polar surface area (TPSA) is 109 Å². The molecule has 4 rings (SSSR count). The van der Waals surface area contributed by atoms with Crippen molar-refractivity contribution in [1.29, 1.82) is 0 Å². The molecule has 0 saturated carbocycles. The first-order chi connectivity index (χ1) is 14.5. The lowest BCUT2D eigenvalue weighted by molar-refractivity contribution is 0.272. The zero-order chi connectivity index (χ0) is 21.4. The quantitative estimate of drug-likeness (QED) is 0.453. The normalized spacial score (nSPS) is 11.2. The average Bonchev–Trinajstić information content (AvgIpc) is 3.07. The maximum Gasteiger partial charge on any atom is 0.329 e. The number of nitrogens with one attached hydrogen (secondary N) is 1. The van der Waals surface area contributed by atoms with Crippen LogP contribution in [-0.4, -0.2) is 38.0 Å². The molecule has 3 N–H and O–H groups in total. The van der Waals surface area contributed by atoms with Crippen LogP contribution in [0.2, 0.25) is 5.15 Å². The molecular formula is C21H18ClN3O5. The molecule has 0 fully saturated rings. The van der Waals surface area contributed by atoms with E-state index in [1.807, 2.05) is 0 Å². The minimum absolute atomic E-state index is 0.0293. The van der Waals surface area contributed by atoms with Crippen LogP contribution in [0.5, 0.6) is 11.5 Å². The van der Waals surface area contributed by atoms with Gasteiger partial charge in [0.05, 0.1) is 25.8 Å². The Morgan fingerprint density at radius 1 is 1.13 bits per heavy atom. The molecule has 0 bridgehead atoms. The number of nitrogens with zero attached hydrogens (tertiary/aromatic N) is 2. The van der Waals surface area contributed by atoms with Crippen LogP contribution >= 0.6 is 11.6 Å². The van der Waals surface area contributed by atoms with E-state index < -0.39 is 11.2 Å². The number of hydrogen-bond donors (Lipinski definition) is 3. The van der Waals surface area contributed by atoms with Crippen LogP contribution in [0.1, 0.15) is 0 Å². The monoisotopic (exact) mass is 427 g/mol. The molecule has 0 spiro atoms. The van der Waals surface area contributed by atoms with E-state index in [1.165, 1.54) is 17.7 Å². The Kier molecular flexibility index (Phi) is 5.11. The molecule has 0 unspecified atom stereocenters. The van der Waals surface area contributed by atoms with E-state index in [4.69, 9.17) is 21.4 Å². The van der Waals surface area contributed by atoms with Gasteiger partial charge in [-0.25, -0.2) is 4.79 Å². The number of benzene rings is 2. The highest BCUT2D eigenvalue weighted by Gasteiger charge is 2.17. The van der Waals surface area contributed by atoms with Gasteiger partial charge >= 0.3 is 5.69 Å². The molecule has 2 heterocycles. The van der Waals surface area contributed by atoms with E-state index in [2.05, 4.69) is 4.98 Å². The highest BCUT2D eigenvalue weighted by molar-refractivity contribution is 6.31. The first kappa shape index (κ1) is 19.8. The van der Waals surface area contributed by atoms with E-state index in [1.54, 1.807) is 42.5 Å². The smallest absolute Gasteiger partial charge is 0.329 e. The molecule has 0 radical (unpaired) electrons. The van der Waals surface area contributed by atoms with Crippen molar-refractivity contribution in [3.63, 3.8) is 0 Å². The number of para-hydroxylation sites is 1. The lowest BCUT2D eigenvalue weighted by Crippen LogP contribution is -2.36. The van der Waals surface area contributed by atoms with Crippen molar-refractivity contribution in [2.24, 2.45) is 0 Å². The first-order valence-electron chi connectivity index (χ1n) is 9.08. The van der Waals surface area contributed by atoms with Crippen LogP contribution in [0.4, 0.5) is 0 Å². The lowest BCUT2D eigenvalue weighted by Gasteiger charge is -2.11. The number of aliphatic hydroxyl groups excluding tert-OH is 1. The van der Waals surface area contributed by atoms with Crippen LogP contribution in [0.25, 0.3) is 27.8 Å². The second-order valence-corrected chi connectivity index (χ2v) is 6.97. The van der Waals surface area contributed by atoms with Crippen LogP contribution < -0.4 is 16.0 Å². The number of H-pyrrole nitrogens is 1. The number of methoxy groups -OCH3 is 1. The van der Waals surface area contributed by atoms with Crippen LogP contribution in [0.3, 0.4) is 0 Å². The lowest BCUT2D eigenvalue weighted by atomic mass is 10.0. The van der Waals surface area contributed by atoms with Crippen LogP contribution in [0.15, 0.2) is 58.1 Å². The Balaban J connectivity index is 1.86. The van der Waals surface area contributed by atoms with Crippen molar-refractivity contribution in [3.8, 4) is 28.3 Å². The van der Waals surface area contributed by atoms with Gasteiger partial charge < -0.3 is 19.9 Å². The summed E-state index contributed by atoms with van der Waals surface area (Å²) >= 11 is 6.36. The summed E-state index contributed by atoms with van der Waals surface area (Å²) < 4.78 is 7.61. The summed E-state index contributed by atoms with van der Waals surface area (Å²) in [5.74, 6) is 0.395. The number of aromatic amines is 1. The Morgan fingerprint density at radius 2 is 1.87 bits per heavy atom. The second-order valence-electron chi connectivity index (χ2n) is 6.58. The number of halogens is 1. The highest BCUT2D eigenvalue weighted by Crippen LogP contribution is 2.37. The van der Waals surface area contributed by atoms with Gasteiger partial charge in [0.1, 0.15) is 10.7 Å². The molecule has 154 valence electrons. The summed E-state index contributed by atoms with van der Waals surface area (Å²) in [5, 5.41) is 19.8. The Labute approximate surface area is 175 Å². The molecule has 0 aliphatic rings. The largest absolute Gasteiger partial charge is 0.504 e. The third kappa shape index (κ3) is 3.16. The van der Waals surface area contributed by atoms with Crippen LogP contribution in [-0.2, 0) is 6.54 Å². The Morgan fingerprint density at radius 3 is 2.53 bits per heavy atom. The maximum absolute atomic E-state index is 12.9. The molecule has 0 saturated heterocycles. The zero-order valence-corrected chi connectivity index (χ0v) is 16.7. The average molecular weight is 428 g/mol. The van der Waals surface area contributed by atoms with Gasteiger partial charge in [-0.05, 0) is 29.8 Å². The standard InChI is InChI=1S/C21H18ClN3O5/c1-30-16-4-2-3-14(19(16)27)12-5-7-13(8-6-12)25-17(22)11-15-18(25)20(28)24(9-10-26)21(29)23-15/h2-8,11,26-27H,9-10H2,1H3,(H,23,29). The minimum Gasteiger partial charge on any atom is -0.504 e. The fraction of sp³-hybridized carbons (Fsp3) is 0.143. The number of ether oxygens (including phenoxy) is 1. The molecule has 2 aromatic carbocycles. The van der Waals surface area contributed by atoms with E-state index in [0.29, 0.717) is 22.5 Å². The number of rotatable bonds is 5. The van der Waals surface area contributed by atoms with Gasteiger partial charge in [0, 0.05) is 11.3 Å². The fourth-order valence-electron chi connectivity index (χ4n) is 3.45. The summed E-state index contributed by atoms with van der Waals surface area (Å²) in [6.45, 7) is -0.470. The summed E-state index contributed by atoms with van der Waals surface area (Å²) in [6, 6.07) is 13.8. The van der Waals surface area contributed by atoms with Gasteiger partial charge in [0.25, 0.3) is 5.56 Å². The highest BCUT2D eigenvalue weighted by atomic mass is 35.5. The first-order valence-corrected chi connectivity index (χ1v) is 9.45. The number of aromatic nitrogens is 3. The molecule has 0 aliphatic heterocycles. The summed E-state index contributed by atoms with van der Waals surface area (Å²) in [5.41, 5.74) is 1.28. The van der Waals surface area contributed by atoms with Gasteiger partial charge in [-0.2, -0.15) is 0 Å². The van der Waals surface area contributed by atoms with Gasteiger partial charge in [-0.3, -0.25) is 13.9 Å². The molecule has 4 aromatic rings. The van der Waals surface area contributed by atoms with Crippen molar-refractivity contribution in [3.05, 3.63) is 74.5 Å². The van der Waals surface area contributed by atoms with E-state index >= 15 is 0 Å². The van der Waals surface area contributed by atoms with Crippen molar-refractivity contribution in [2.45, 2.75) is 6.54 Å². The number of aromatic hydroxyl groups is 1. The Hall–Kier alpha value is -3.49. The Bertz CT molecular complexity index is 1350.